The van der Waals surface area contributed by atoms with Gasteiger partial charge in [0, 0.05) is 17.1 Å². The molecule has 11 heteroatoms. The molecule has 1 aromatic heterocycles. The van der Waals surface area contributed by atoms with Gasteiger partial charge in [-0.2, -0.15) is 21.6 Å². The lowest BCUT2D eigenvalue weighted by Crippen LogP contribution is -2.30. The van der Waals surface area contributed by atoms with Crippen LogP contribution in [-0.4, -0.2) is 26.3 Å². The average molecular weight is 521 g/mol. The summed E-state index contributed by atoms with van der Waals surface area (Å²) >= 11 is 0. The largest absolute Gasteiger partial charge is 0.516 e. The van der Waals surface area contributed by atoms with Crippen LogP contribution in [0.5, 0.6) is 0 Å². The van der Waals surface area contributed by atoms with Crippen LogP contribution >= 0.6 is 0 Å². The lowest BCUT2D eigenvalue weighted by Gasteiger charge is -2.12. The number of nitrogens with zero attached hydrogens (tertiary/aromatic N) is 1. The van der Waals surface area contributed by atoms with Crippen LogP contribution in [0.3, 0.4) is 0 Å². The number of halogens is 3. The van der Waals surface area contributed by atoms with Gasteiger partial charge in [0.25, 0.3) is 10.0 Å². The SMILES string of the molecule is Cc1ccc(S(=O)(=O)n2cc(/C=C/c3ccccc3NS(=O)(=O)C(F)(F)F)c3ccccc32)cc1. The van der Waals surface area contributed by atoms with E-state index in [-0.39, 0.29) is 16.1 Å². The van der Waals surface area contributed by atoms with Crippen molar-refractivity contribution in [3.8, 4) is 0 Å². The summed E-state index contributed by atoms with van der Waals surface area (Å²) in [5.74, 6) is 0. The van der Waals surface area contributed by atoms with E-state index in [1.54, 1.807) is 41.1 Å². The molecule has 0 aliphatic carbocycles. The number of sulfonamides is 1. The Labute approximate surface area is 200 Å². The van der Waals surface area contributed by atoms with Crippen molar-refractivity contribution >= 4 is 48.8 Å². The van der Waals surface area contributed by atoms with Gasteiger partial charge >= 0.3 is 15.5 Å². The van der Waals surface area contributed by atoms with Gasteiger partial charge < -0.3 is 0 Å². The van der Waals surface area contributed by atoms with Crippen molar-refractivity contribution < 1.29 is 30.0 Å². The topological polar surface area (TPSA) is 85.2 Å². The van der Waals surface area contributed by atoms with Crippen LogP contribution in [0, 0.1) is 6.92 Å². The molecule has 0 bridgehead atoms. The normalized spacial score (nSPS) is 12.9. The fraction of sp³-hybridized carbons (Fsp3) is 0.0833. The molecular weight excluding hydrogens is 501 g/mol. The maximum Gasteiger partial charge on any atom is 0.516 e. The third-order valence-corrected chi connectivity index (χ3v) is 8.02. The predicted molar refractivity (Wildman–Crippen MR) is 130 cm³/mol. The average Bonchev–Trinajstić information content (AvgIpc) is 3.17. The summed E-state index contributed by atoms with van der Waals surface area (Å²) < 4.78 is 90.9. The quantitative estimate of drug-likeness (QED) is 0.358. The minimum absolute atomic E-state index is 0.103. The molecule has 0 atom stereocenters. The van der Waals surface area contributed by atoms with E-state index in [2.05, 4.69) is 0 Å². The maximum atomic E-state index is 13.3. The molecular formula is C24H19F3N2O4S2. The summed E-state index contributed by atoms with van der Waals surface area (Å²) in [6, 6.07) is 18.8. The Bertz CT molecular complexity index is 1640. The van der Waals surface area contributed by atoms with Crippen molar-refractivity contribution in [3.63, 3.8) is 0 Å². The highest BCUT2D eigenvalue weighted by molar-refractivity contribution is 7.93. The summed E-state index contributed by atoms with van der Waals surface area (Å²) in [4.78, 5) is 0.103. The van der Waals surface area contributed by atoms with Crippen LogP contribution in [0.4, 0.5) is 18.9 Å². The molecule has 0 saturated heterocycles. The van der Waals surface area contributed by atoms with Crippen molar-refractivity contribution in [1.82, 2.24) is 3.97 Å². The second kappa shape index (κ2) is 8.90. The number of fused-ring (bicyclic) bond motifs is 1. The highest BCUT2D eigenvalue weighted by atomic mass is 32.2. The van der Waals surface area contributed by atoms with Gasteiger partial charge in [-0.05, 0) is 36.8 Å². The third kappa shape index (κ3) is 4.82. The smallest absolute Gasteiger partial charge is 0.275 e. The number of aromatic nitrogens is 1. The summed E-state index contributed by atoms with van der Waals surface area (Å²) in [5.41, 5.74) is -3.77. The Balaban J connectivity index is 1.78. The molecule has 0 radical (unpaired) electrons. The van der Waals surface area contributed by atoms with Crippen molar-refractivity contribution in [2.75, 3.05) is 4.72 Å². The van der Waals surface area contributed by atoms with Gasteiger partial charge in [-0.1, -0.05) is 66.2 Å². The number of hydrogen-bond acceptors (Lipinski definition) is 4. The molecule has 0 spiro atoms. The van der Waals surface area contributed by atoms with E-state index in [0.29, 0.717) is 16.5 Å². The predicted octanol–water partition coefficient (Wildman–Crippen LogP) is 5.62. The van der Waals surface area contributed by atoms with Gasteiger partial charge in [0.2, 0.25) is 0 Å². The van der Waals surface area contributed by atoms with Crippen molar-refractivity contribution in [1.29, 1.82) is 0 Å². The molecule has 0 aliphatic heterocycles. The van der Waals surface area contributed by atoms with Crippen LogP contribution in [0.25, 0.3) is 23.1 Å². The molecule has 6 nitrogen and oxygen atoms in total. The summed E-state index contributed by atoms with van der Waals surface area (Å²) in [7, 11) is -9.53. The van der Waals surface area contributed by atoms with E-state index in [1.807, 2.05) is 6.92 Å². The number of anilines is 1. The van der Waals surface area contributed by atoms with Gasteiger partial charge in [0.15, 0.2) is 0 Å². The molecule has 0 aliphatic rings. The molecule has 0 unspecified atom stereocenters. The number of rotatable bonds is 6. The number of nitrogens with one attached hydrogen (secondary N) is 1. The molecule has 1 heterocycles. The van der Waals surface area contributed by atoms with Crippen LogP contribution in [0.2, 0.25) is 0 Å². The molecule has 3 aromatic carbocycles. The molecule has 0 amide bonds. The number of aryl methyl sites for hydroxylation is 1. The van der Waals surface area contributed by atoms with Crippen LogP contribution in [0.15, 0.2) is 83.9 Å². The van der Waals surface area contributed by atoms with E-state index in [9.17, 15) is 30.0 Å². The molecule has 0 saturated carbocycles. The highest BCUT2D eigenvalue weighted by Crippen LogP contribution is 2.30. The first-order valence-corrected chi connectivity index (χ1v) is 13.1. The molecule has 182 valence electrons. The third-order valence-electron chi connectivity index (χ3n) is 5.24. The number of para-hydroxylation sites is 2. The standard InChI is InChI=1S/C24H19F3N2O4S2/c1-17-10-14-20(15-11-17)34(30,31)29-16-19(21-7-3-5-9-23(21)29)13-12-18-6-2-4-8-22(18)28-35(32,33)24(25,26)27/h2-16,28H,1H3/b13-12+. The van der Waals surface area contributed by atoms with Crippen LogP contribution in [-0.2, 0) is 20.0 Å². The Kier molecular flexibility index (Phi) is 6.24. The fourth-order valence-electron chi connectivity index (χ4n) is 3.45. The molecule has 0 fully saturated rings. The van der Waals surface area contributed by atoms with Gasteiger partial charge in [-0.3, -0.25) is 4.72 Å². The first-order chi connectivity index (χ1) is 16.4. The lowest BCUT2D eigenvalue weighted by atomic mass is 10.1. The summed E-state index contributed by atoms with van der Waals surface area (Å²) in [5, 5.41) is 0.591. The lowest BCUT2D eigenvalue weighted by molar-refractivity contribution is -0.0429. The summed E-state index contributed by atoms with van der Waals surface area (Å²) in [6.07, 6.45) is 4.35. The fourth-order valence-corrected chi connectivity index (χ4v) is 5.42. The van der Waals surface area contributed by atoms with Crippen molar-refractivity contribution in [2.24, 2.45) is 0 Å². The molecule has 4 aromatic rings. The zero-order valence-corrected chi connectivity index (χ0v) is 19.8. The second-order valence-corrected chi connectivity index (χ2v) is 11.2. The van der Waals surface area contributed by atoms with Gasteiger partial charge in [0.05, 0.1) is 16.1 Å². The second-order valence-electron chi connectivity index (χ2n) is 7.69. The molecule has 35 heavy (non-hydrogen) atoms. The highest BCUT2D eigenvalue weighted by Gasteiger charge is 2.46. The zero-order chi connectivity index (χ0) is 25.4. The number of benzene rings is 3. The van der Waals surface area contributed by atoms with Gasteiger partial charge in [-0.25, -0.2) is 12.4 Å². The Morgan fingerprint density at radius 1 is 0.800 bits per heavy atom. The Morgan fingerprint density at radius 2 is 1.40 bits per heavy atom. The Morgan fingerprint density at radius 3 is 2.09 bits per heavy atom. The van der Waals surface area contributed by atoms with E-state index < -0.39 is 25.6 Å². The van der Waals surface area contributed by atoms with Gasteiger partial charge in [-0.15, -0.1) is 0 Å². The van der Waals surface area contributed by atoms with Crippen LogP contribution in [0.1, 0.15) is 16.7 Å². The number of hydrogen-bond donors (Lipinski definition) is 1. The van der Waals surface area contributed by atoms with Crippen molar-refractivity contribution in [3.05, 3.63) is 95.7 Å². The zero-order valence-electron chi connectivity index (χ0n) is 18.2. The van der Waals surface area contributed by atoms with Gasteiger partial charge in [0.1, 0.15) is 0 Å². The minimum atomic E-state index is -5.61. The maximum absolute atomic E-state index is 13.3. The first-order valence-electron chi connectivity index (χ1n) is 10.2. The van der Waals surface area contributed by atoms with E-state index in [0.717, 1.165) is 9.54 Å². The first kappa shape index (κ1) is 24.6. The molecule has 1 N–H and O–H groups in total. The van der Waals surface area contributed by atoms with Crippen molar-refractivity contribution in [2.45, 2.75) is 17.3 Å². The van der Waals surface area contributed by atoms with Crippen LogP contribution < -0.4 is 4.72 Å². The monoisotopic (exact) mass is 520 g/mol. The van der Waals surface area contributed by atoms with E-state index in [1.165, 1.54) is 54.7 Å². The van der Waals surface area contributed by atoms with E-state index >= 15 is 0 Å². The van der Waals surface area contributed by atoms with E-state index in [4.69, 9.17) is 0 Å². The Hall–Kier alpha value is -3.57. The minimum Gasteiger partial charge on any atom is -0.275 e. The number of alkyl halides is 3. The molecule has 4 rings (SSSR count). The summed E-state index contributed by atoms with van der Waals surface area (Å²) in [6.45, 7) is 1.84.